The van der Waals surface area contributed by atoms with Gasteiger partial charge in [0.2, 0.25) is 11.8 Å². The van der Waals surface area contributed by atoms with E-state index in [4.69, 9.17) is 34.8 Å². The van der Waals surface area contributed by atoms with Crippen LogP contribution in [0.15, 0.2) is 17.1 Å². The molecule has 0 unspecified atom stereocenters. The fourth-order valence-corrected chi connectivity index (χ4v) is 5.34. The highest BCUT2D eigenvalue weighted by atomic mass is 32.1. The summed E-state index contributed by atoms with van der Waals surface area (Å²) in [5.74, 6) is -6.56. The number of aliphatic carboxylic acids is 1. The van der Waals surface area contributed by atoms with Crippen molar-refractivity contribution in [1.29, 1.82) is 0 Å². The van der Waals surface area contributed by atoms with Crippen molar-refractivity contribution in [2.45, 2.75) is 87.0 Å². The maximum atomic E-state index is 12.1. The number of amides is 2. The third-order valence-electron chi connectivity index (χ3n) is 7.33. The van der Waals surface area contributed by atoms with Crippen LogP contribution in [0.5, 0.6) is 0 Å². The molecule has 2 aliphatic rings. The van der Waals surface area contributed by atoms with Gasteiger partial charge < -0.3 is 76.1 Å². The van der Waals surface area contributed by atoms with Crippen LogP contribution in [-0.2, 0) is 42.5 Å². The number of carbonyl (C=O) groups is 4. The number of carboxylic acids is 1. The molecule has 2 saturated heterocycles. The predicted molar refractivity (Wildman–Crippen MR) is 172 cm³/mol. The van der Waals surface area contributed by atoms with Gasteiger partial charge in [0.05, 0.1) is 31.8 Å². The van der Waals surface area contributed by atoms with Gasteiger partial charge in [0.25, 0.3) is 0 Å². The molecule has 0 spiro atoms. The maximum Gasteiger partial charge on any atom is 0.469 e. The van der Waals surface area contributed by atoms with Crippen molar-refractivity contribution in [2.24, 2.45) is 0 Å². The number of hydrogen-bond acceptors (Lipinski definition) is 19. The van der Waals surface area contributed by atoms with Gasteiger partial charge in [-0.1, -0.05) is 0 Å². The summed E-state index contributed by atoms with van der Waals surface area (Å²) in [6.45, 7) is -1.20. The third-order valence-corrected chi connectivity index (χ3v) is 8.13. The van der Waals surface area contributed by atoms with Crippen molar-refractivity contribution in [3.8, 4) is 0 Å². The molecule has 24 nitrogen and oxygen atoms in total. The van der Waals surface area contributed by atoms with Crippen LogP contribution in [0.25, 0.3) is 0 Å². The Balaban J connectivity index is 0.000000386. The summed E-state index contributed by atoms with van der Waals surface area (Å²) in [5, 5.41) is 73.2. The van der Waals surface area contributed by atoms with Gasteiger partial charge in [0, 0.05) is 19.5 Å². The van der Waals surface area contributed by atoms with Crippen molar-refractivity contribution >= 4 is 50.0 Å². The van der Waals surface area contributed by atoms with Gasteiger partial charge in [-0.15, -0.1) is 0 Å². The number of carboxylic acid groups (broad SMARTS) is 1. The molecule has 0 aromatic carbocycles. The van der Waals surface area contributed by atoms with Crippen LogP contribution in [0.3, 0.4) is 0 Å². The fraction of sp³-hybridized carbons (Fsp3) is 0.692. The van der Waals surface area contributed by atoms with Crippen LogP contribution >= 0.6 is 20.5 Å². The normalized spacial score (nSPS) is 28.5. The lowest BCUT2D eigenvalue weighted by Gasteiger charge is -2.46. The Morgan fingerprint density at radius 2 is 1.87 bits per heavy atom. The summed E-state index contributed by atoms with van der Waals surface area (Å²) in [4.78, 5) is 79.3. The van der Waals surface area contributed by atoms with Crippen molar-refractivity contribution < 1.29 is 88.0 Å². The number of esters is 1. The van der Waals surface area contributed by atoms with E-state index in [1.165, 1.54) is 12.3 Å². The molecule has 13 N–H and O–H groups in total. The van der Waals surface area contributed by atoms with Crippen molar-refractivity contribution in [2.75, 3.05) is 31.2 Å². The number of nitrogens with two attached hydrogens (primary N) is 1. The van der Waals surface area contributed by atoms with Gasteiger partial charge >= 0.3 is 31.2 Å². The molecular weight excluding hydrogens is 749 g/mol. The monoisotopic (exact) mass is 791 g/mol. The minimum Gasteiger partial charge on any atom is -0.476 e. The number of phosphoric acid groups is 1. The number of rotatable bonds is 15. The zero-order chi connectivity index (χ0) is 39.6. The number of ether oxygens (including phenoxy) is 3. The topological polar surface area (TPSA) is 389 Å². The van der Waals surface area contributed by atoms with E-state index in [9.17, 15) is 59.2 Å². The second-order valence-corrected chi connectivity index (χ2v) is 13.0. The number of phosphoric ester groups is 1. The van der Waals surface area contributed by atoms with E-state index >= 15 is 0 Å². The van der Waals surface area contributed by atoms with E-state index in [2.05, 4.69) is 32.8 Å². The van der Waals surface area contributed by atoms with Crippen LogP contribution in [0.4, 0.5) is 5.82 Å². The molecule has 0 bridgehead atoms. The second kappa shape index (κ2) is 19.7. The lowest BCUT2D eigenvalue weighted by molar-refractivity contribution is -0.300. The SMILES string of the molecule is CC(=O)N[C@H]1[C@H]([C@H](O)[C@H](O)CO)O[C@](OC(=O)CNC(=O)CCCS)(C(=O)O)C[C@@H]1O.Nc1ccn([C@@H]2O[C@H](COP(=O)(O)O)[C@@H](O)[C@H]2O)c(=O)n1. The molecule has 10 atom stereocenters. The minimum atomic E-state index is -4.74. The molecule has 0 aliphatic carbocycles. The highest BCUT2D eigenvalue weighted by Gasteiger charge is 2.57. The molecule has 52 heavy (non-hydrogen) atoms. The van der Waals surface area contributed by atoms with E-state index < -0.39 is 124 Å². The molecule has 3 heterocycles. The van der Waals surface area contributed by atoms with Crippen LogP contribution in [0.2, 0.25) is 0 Å². The summed E-state index contributed by atoms with van der Waals surface area (Å²) in [7, 11) is -4.74. The second-order valence-electron chi connectivity index (χ2n) is 11.3. The number of aliphatic hydroxyl groups is 6. The number of thiol groups is 1. The molecular formula is C26H42N5O19PS. The van der Waals surface area contributed by atoms with Crippen LogP contribution in [-0.4, -0.2) is 159 Å². The van der Waals surface area contributed by atoms with Gasteiger partial charge in [-0.05, 0) is 18.2 Å². The zero-order valence-electron chi connectivity index (χ0n) is 27.3. The number of aromatic nitrogens is 2. The maximum absolute atomic E-state index is 12.1. The quantitative estimate of drug-likeness (QED) is 0.0447. The standard InChI is InChI=1S/C17H28N2O11S.C9H14N3O8P/c1-8(21)19-13-9(22)5-17(16(27)28,30-15(13)14(26)10(23)7-20)29-12(25)6-18-11(24)3-2-4-31;10-5-1-2-12(9(15)11-5)8-7(14)6(13)4(20-8)3-19-21(16,17)18/h9-10,13-15,20,22-23,26,31H,2-7H2,1H3,(H,18,24)(H,19,21)(H,27,28);1-2,4,6-8,13-14H,3H2,(H2,10,11,15)(H2,16,17,18)/t9-,10+,13+,14+,15+,17-;4-,6-,7-,8-/m01/s1. The Labute approximate surface area is 299 Å². The number of aliphatic hydroxyl groups excluding tert-OH is 6. The first-order chi connectivity index (χ1) is 24.2. The summed E-state index contributed by atoms with van der Waals surface area (Å²) < 4.78 is 31.1. The Bertz CT molecular complexity index is 1500. The first-order valence-electron chi connectivity index (χ1n) is 15.1. The number of anilines is 1. The van der Waals surface area contributed by atoms with Crippen molar-refractivity contribution in [3.05, 3.63) is 22.7 Å². The summed E-state index contributed by atoms with van der Waals surface area (Å²) in [6, 6.07) is -0.0932. The van der Waals surface area contributed by atoms with Crippen LogP contribution < -0.4 is 22.1 Å². The molecule has 2 fully saturated rings. The van der Waals surface area contributed by atoms with Crippen LogP contribution in [0.1, 0.15) is 32.4 Å². The van der Waals surface area contributed by atoms with Crippen molar-refractivity contribution in [3.63, 3.8) is 0 Å². The van der Waals surface area contributed by atoms with E-state index in [-0.39, 0.29) is 12.2 Å². The van der Waals surface area contributed by atoms with Gasteiger partial charge in [0.1, 0.15) is 49.0 Å². The predicted octanol–water partition coefficient (Wildman–Crippen LogP) is -5.94. The van der Waals surface area contributed by atoms with Gasteiger partial charge in [-0.2, -0.15) is 17.6 Å². The van der Waals surface area contributed by atoms with Gasteiger partial charge in [0.15, 0.2) is 6.23 Å². The van der Waals surface area contributed by atoms with Crippen molar-refractivity contribution in [1.82, 2.24) is 20.2 Å². The van der Waals surface area contributed by atoms with Crippen LogP contribution in [0, 0.1) is 0 Å². The molecule has 3 rings (SSSR count). The Morgan fingerprint density at radius 3 is 2.40 bits per heavy atom. The van der Waals surface area contributed by atoms with E-state index in [1.54, 1.807) is 0 Å². The van der Waals surface area contributed by atoms with Gasteiger partial charge in [-0.3, -0.25) is 23.5 Å². The number of nitrogen functional groups attached to an aromatic ring is 1. The first-order valence-corrected chi connectivity index (χ1v) is 17.3. The summed E-state index contributed by atoms with van der Waals surface area (Å²) in [5.41, 5.74) is 4.52. The van der Waals surface area contributed by atoms with E-state index in [0.717, 1.165) is 11.5 Å². The summed E-state index contributed by atoms with van der Waals surface area (Å²) in [6.07, 6.45) is -11.8. The average Bonchev–Trinajstić information content (AvgIpc) is 3.34. The number of nitrogens with zero attached hydrogens (tertiary/aromatic N) is 2. The first kappa shape index (κ1) is 44.9. The lowest BCUT2D eigenvalue weighted by atomic mass is 9.88. The largest absolute Gasteiger partial charge is 0.476 e. The zero-order valence-corrected chi connectivity index (χ0v) is 29.1. The Kier molecular flexibility index (Phi) is 17.0. The van der Waals surface area contributed by atoms with E-state index in [1.807, 2.05) is 0 Å². The number of hydrogen-bond donors (Lipinski definition) is 13. The molecule has 1 aromatic heterocycles. The molecule has 26 heteroatoms. The number of nitrogens with one attached hydrogen (secondary N) is 2. The van der Waals surface area contributed by atoms with Gasteiger partial charge in [-0.25, -0.2) is 14.2 Å². The smallest absolute Gasteiger partial charge is 0.469 e. The van der Waals surface area contributed by atoms with E-state index in [0.29, 0.717) is 12.2 Å². The lowest BCUT2D eigenvalue weighted by Crippen LogP contribution is -2.68. The highest BCUT2D eigenvalue weighted by Crippen LogP contribution is 2.38. The summed E-state index contributed by atoms with van der Waals surface area (Å²) >= 11 is 3.95. The molecule has 2 aliphatic heterocycles. The molecule has 0 radical (unpaired) electrons. The Morgan fingerprint density at radius 1 is 1.21 bits per heavy atom. The Hall–Kier alpha value is -3.30. The minimum absolute atomic E-state index is 0.0225. The molecule has 0 saturated carbocycles. The fourth-order valence-electron chi connectivity index (χ4n) is 4.84. The molecule has 296 valence electrons. The molecule has 2 amide bonds. The average molecular weight is 792 g/mol. The highest BCUT2D eigenvalue weighted by molar-refractivity contribution is 7.80. The number of carbonyl (C=O) groups excluding carboxylic acids is 3. The third kappa shape index (κ3) is 12.7. The molecule has 1 aromatic rings.